The molecule has 4 amide bonds. The van der Waals surface area contributed by atoms with Crippen LogP contribution in [-0.2, 0) is 35.1 Å². The maximum Gasteiger partial charge on any atom is 0.308 e. The summed E-state index contributed by atoms with van der Waals surface area (Å²) in [6.45, 7) is 11.0. The topological polar surface area (TPSA) is 238 Å². The highest BCUT2D eigenvalue weighted by molar-refractivity contribution is 6.00. The van der Waals surface area contributed by atoms with Gasteiger partial charge in [-0.1, -0.05) is 26.0 Å². The Bertz CT molecular complexity index is 1470. The number of phenols is 1. The fourth-order valence-corrected chi connectivity index (χ4v) is 4.58. The van der Waals surface area contributed by atoms with Crippen molar-refractivity contribution in [1.29, 1.82) is 0 Å². The molecule has 0 aliphatic heterocycles. The number of phenolic OH excluding ortho intramolecular Hbond substituents is 1. The summed E-state index contributed by atoms with van der Waals surface area (Å²) in [5, 5.41) is 44.6. The molecule has 0 radical (unpaired) electrons. The third-order valence-electron chi connectivity index (χ3n) is 6.98. The average Bonchev–Trinajstić information content (AvgIpc) is 2.98. The first-order valence-electron chi connectivity index (χ1n) is 15.6. The summed E-state index contributed by atoms with van der Waals surface area (Å²) in [5.74, 6) is -3.84. The number of carbonyl (C=O) groups is 5. The van der Waals surface area contributed by atoms with Gasteiger partial charge in [0, 0.05) is 24.7 Å². The van der Waals surface area contributed by atoms with Crippen LogP contribution < -0.4 is 26.6 Å². The molecule has 0 saturated carbocycles. The van der Waals surface area contributed by atoms with Crippen LogP contribution in [0.25, 0.3) is 0 Å². The Morgan fingerprint density at radius 3 is 1.98 bits per heavy atom. The first kappa shape index (κ1) is 40.1. The van der Waals surface area contributed by atoms with Gasteiger partial charge in [-0.15, -0.1) is 0 Å². The van der Waals surface area contributed by atoms with Crippen LogP contribution in [0.2, 0.25) is 0 Å². The van der Waals surface area contributed by atoms with Crippen molar-refractivity contribution in [3.63, 3.8) is 0 Å². The van der Waals surface area contributed by atoms with Gasteiger partial charge in [-0.05, 0) is 69.9 Å². The maximum absolute atomic E-state index is 13.4. The molecular formula is C33H46N6O10. The molecule has 0 aromatic heterocycles. The highest BCUT2D eigenvalue weighted by Crippen LogP contribution is 2.17. The Labute approximate surface area is 284 Å². The quantitative estimate of drug-likeness (QED) is 0.0580. The Balaban J connectivity index is 2.16. The standard InChI is InChI=1S/C33H46N6O10/c1-18(2)28(38-31(45)25(35-20(4)40)16-21-8-14-24(41)15-9-21)32(46)34-19(3)29(43)37-26(17-27(42)49-33(5,6)7)30(44)36-22-10-12-23(13-11-22)39(47)48/h8-15,18-19,25-26,28,31,38,41,45H,16-17H2,1-7H3,(H,34,46)(H,35,40)(H,36,44)(H,37,43). The summed E-state index contributed by atoms with van der Waals surface area (Å²) in [5.41, 5.74) is -0.209. The largest absolute Gasteiger partial charge is 0.508 e. The van der Waals surface area contributed by atoms with E-state index < -0.39 is 82.9 Å². The van der Waals surface area contributed by atoms with Crippen molar-refractivity contribution in [2.75, 3.05) is 5.32 Å². The zero-order chi connectivity index (χ0) is 37.1. The zero-order valence-corrected chi connectivity index (χ0v) is 28.6. The number of benzene rings is 2. The van der Waals surface area contributed by atoms with Gasteiger partial charge in [0.15, 0.2) is 0 Å². The highest BCUT2D eigenvalue weighted by atomic mass is 16.6. The van der Waals surface area contributed by atoms with Crippen molar-refractivity contribution < 1.29 is 43.8 Å². The summed E-state index contributed by atoms with van der Waals surface area (Å²) in [7, 11) is 0. The van der Waals surface area contributed by atoms with E-state index in [9.17, 15) is 44.3 Å². The van der Waals surface area contributed by atoms with E-state index in [2.05, 4.69) is 26.6 Å². The van der Waals surface area contributed by atoms with Gasteiger partial charge < -0.3 is 36.2 Å². The number of esters is 1. The molecule has 268 valence electrons. The maximum atomic E-state index is 13.4. The first-order valence-corrected chi connectivity index (χ1v) is 15.6. The monoisotopic (exact) mass is 686 g/mol. The minimum Gasteiger partial charge on any atom is -0.508 e. The van der Waals surface area contributed by atoms with Crippen LogP contribution in [0.1, 0.15) is 60.5 Å². The number of rotatable bonds is 16. The number of ether oxygens (including phenoxy) is 1. The van der Waals surface area contributed by atoms with Crippen LogP contribution in [0, 0.1) is 16.0 Å². The predicted molar refractivity (Wildman–Crippen MR) is 179 cm³/mol. The van der Waals surface area contributed by atoms with Crippen molar-refractivity contribution in [2.45, 2.75) is 97.3 Å². The van der Waals surface area contributed by atoms with E-state index in [1.807, 2.05) is 0 Å². The lowest BCUT2D eigenvalue weighted by molar-refractivity contribution is -0.384. The van der Waals surface area contributed by atoms with E-state index in [1.165, 1.54) is 50.2 Å². The van der Waals surface area contributed by atoms with Crippen molar-refractivity contribution >= 4 is 41.0 Å². The van der Waals surface area contributed by atoms with E-state index in [4.69, 9.17) is 4.74 Å². The van der Waals surface area contributed by atoms with Crippen molar-refractivity contribution in [1.82, 2.24) is 21.3 Å². The van der Waals surface area contributed by atoms with Gasteiger partial charge in [-0.25, -0.2) is 0 Å². The Morgan fingerprint density at radius 2 is 1.47 bits per heavy atom. The lowest BCUT2D eigenvalue weighted by atomic mass is 10.00. The highest BCUT2D eigenvalue weighted by Gasteiger charge is 2.33. The molecule has 0 saturated heterocycles. The van der Waals surface area contributed by atoms with E-state index in [0.29, 0.717) is 5.56 Å². The van der Waals surface area contributed by atoms with Crippen molar-refractivity contribution in [2.24, 2.45) is 5.92 Å². The number of aliphatic hydroxyl groups is 1. The second-order valence-electron chi connectivity index (χ2n) is 12.9. The molecule has 49 heavy (non-hydrogen) atoms. The molecule has 5 unspecified atom stereocenters. The van der Waals surface area contributed by atoms with Gasteiger partial charge >= 0.3 is 5.97 Å². The molecule has 0 bridgehead atoms. The number of carbonyl (C=O) groups excluding carboxylic acids is 5. The minimum atomic E-state index is -1.45. The number of nitrogens with zero attached hydrogens (tertiary/aromatic N) is 1. The molecule has 0 heterocycles. The number of aromatic hydroxyl groups is 1. The number of anilines is 1. The predicted octanol–water partition coefficient (Wildman–Crippen LogP) is 1.64. The normalized spacial score (nSPS) is 14.4. The van der Waals surface area contributed by atoms with E-state index in [-0.39, 0.29) is 23.5 Å². The molecule has 7 N–H and O–H groups in total. The van der Waals surface area contributed by atoms with Crippen LogP contribution in [0.4, 0.5) is 11.4 Å². The summed E-state index contributed by atoms with van der Waals surface area (Å²) in [6, 6.07) is 6.57. The molecule has 0 aliphatic carbocycles. The molecule has 16 heteroatoms. The first-order chi connectivity index (χ1) is 22.7. The summed E-state index contributed by atoms with van der Waals surface area (Å²) >= 11 is 0. The van der Waals surface area contributed by atoms with Gasteiger partial charge in [-0.3, -0.25) is 39.4 Å². The molecule has 2 rings (SSSR count). The lowest BCUT2D eigenvalue weighted by Crippen LogP contribution is -2.60. The number of aliphatic hydroxyl groups excluding tert-OH is 1. The fraction of sp³-hybridized carbons (Fsp3) is 0.485. The SMILES string of the molecule is CC(=O)NC(Cc1ccc(O)cc1)C(O)NC(C(=O)NC(C)C(=O)NC(CC(=O)OC(C)(C)C)C(=O)Nc1ccc([N+](=O)[O-])cc1)C(C)C. The number of nitrogens with one attached hydrogen (secondary N) is 5. The number of nitro groups is 1. The number of hydrogen-bond donors (Lipinski definition) is 7. The molecule has 2 aromatic carbocycles. The summed E-state index contributed by atoms with van der Waals surface area (Å²) < 4.78 is 5.31. The smallest absolute Gasteiger partial charge is 0.308 e. The van der Waals surface area contributed by atoms with Gasteiger partial charge in [0.2, 0.25) is 23.6 Å². The molecule has 0 fully saturated rings. The van der Waals surface area contributed by atoms with Gasteiger partial charge in [0.1, 0.15) is 29.7 Å². The minimum absolute atomic E-state index is 0.0504. The Hall–Kier alpha value is -5.09. The van der Waals surface area contributed by atoms with Gasteiger partial charge in [-0.2, -0.15) is 0 Å². The number of non-ortho nitro benzene ring substituents is 1. The molecule has 0 aliphatic rings. The summed E-state index contributed by atoms with van der Waals surface area (Å²) in [4.78, 5) is 74.7. The van der Waals surface area contributed by atoms with Crippen molar-refractivity contribution in [3.05, 3.63) is 64.2 Å². The second kappa shape index (κ2) is 17.9. The molecule has 2 aromatic rings. The van der Waals surface area contributed by atoms with E-state index >= 15 is 0 Å². The third kappa shape index (κ3) is 13.9. The zero-order valence-electron chi connectivity index (χ0n) is 28.6. The lowest BCUT2D eigenvalue weighted by Gasteiger charge is -2.31. The van der Waals surface area contributed by atoms with Crippen LogP contribution >= 0.6 is 0 Å². The van der Waals surface area contributed by atoms with Crippen LogP contribution in [-0.4, -0.2) is 80.7 Å². The average molecular weight is 687 g/mol. The second-order valence-corrected chi connectivity index (χ2v) is 12.9. The Morgan fingerprint density at radius 1 is 0.878 bits per heavy atom. The Kier molecular flexibility index (Phi) is 14.6. The van der Waals surface area contributed by atoms with Crippen LogP contribution in [0.5, 0.6) is 5.75 Å². The van der Waals surface area contributed by atoms with Gasteiger partial charge in [0.25, 0.3) is 5.69 Å². The van der Waals surface area contributed by atoms with Crippen LogP contribution in [0.15, 0.2) is 48.5 Å². The molecule has 16 nitrogen and oxygen atoms in total. The summed E-state index contributed by atoms with van der Waals surface area (Å²) in [6.07, 6.45) is -1.79. The molecule has 5 atom stereocenters. The van der Waals surface area contributed by atoms with E-state index in [0.717, 1.165) is 0 Å². The van der Waals surface area contributed by atoms with E-state index in [1.54, 1.807) is 46.8 Å². The number of amides is 4. The van der Waals surface area contributed by atoms with Crippen molar-refractivity contribution in [3.8, 4) is 5.75 Å². The fourth-order valence-electron chi connectivity index (χ4n) is 4.58. The molecular weight excluding hydrogens is 640 g/mol. The van der Waals surface area contributed by atoms with Crippen LogP contribution in [0.3, 0.4) is 0 Å². The van der Waals surface area contributed by atoms with Gasteiger partial charge in [0.05, 0.1) is 23.4 Å². The third-order valence-corrected chi connectivity index (χ3v) is 6.98. The number of hydrogen-bond acceptors (Lipinski definition) is 11. The molecule has 0 spiro atoms. The number of nitro benzene ring substituents is 1.